The number of halogens is 1. The van der Waals surface area contributed by atoms with Crippen LogP contribution in [0.3, 0.4) is 0 Å². The third kappa shape index (κ3) is 4.44. The Hall–Kier alpha value is -0.630. The van der Waals surface area contributed by atoms with Crippen molar-refractivity contribution in [1.82, 2.24) is 9.62 Å². The minimum atomic E-state index is -3.52. The lowest BCUT2D eigenvalue weighted by Gasteiger charge is -2.15. The first-order valence-electron chi connectivity index (χ1n) is 6.49. The Bertz CT molecular complexity index is 540. The average molecular weight is 365 g/mol. The van der Waals surface area contributed by atoms with Crippen molar-refractivity contribution in [3.05, 3.63) is 29.2 Å². The molecule has 1 heterocycles. The van der Waals surface area contributed by atoms with Gasteiger partial charge in [0.25, 0.3) is 0 Å². The Morgan fingerprint density at radius 1 is 1.55 bits per heavy atom. The average Bonchev–Trinajstić information content (AvgIpc) is 2.78. The molecule has 0 unspecified atom stereocenters. The first-order chi connectivity index (χ1) is 9.43. The summed E-state index contributed by atoms with van der Waals surface area (Å²) in [5.74, 6) is 0.594. The van der Waals surface area contributed by atoms with Crippen molar-refractivity contribution in [2.75, 3.05) is 20.1 Å². The van der Waals surface area contributed by atoms with Crippen LogP contribution in [0.1, 0.15) is 25.5 Å². The summed E-state index contributed by atoms with van der Waals surface area (Å²) in [6, 6.07) is 1.56. The molecule has 20 heavy (non-hydrogen) atoms. The van der Waals surface area contributed by atoms with Crippen LogP contribution in [0.2, 0.25) is 0 Å². The molecule has 1 aromatic heterocycles. The van der Waals surface area contributed by atoms with E-state index in [4.69, 9.17) is 4.42 Å². The topological polar surface area (TPSA) is 62.6 Å². The van der Waals surface area contributed by atoms with E-state index in [2.05, 4.69) is 27.8 Å². The van der Waals surface area contributed by atoms with E-state index in [-0.39, 0.29) is 9.56 Å². The molecule has 0 amide bonds. The maximum atomic E-state index is 12.4. The van der Waals surface area contributed by atoms with Crippen LogP contribution in [0.25, 0.3) is 0 Å². The monoisotopic (exact) mass is 364 g/mol. The fourth-order valence-corrected chi connectivity index (χ4v) is 3.82. The largest absolute Gasteiger partial charge is 0.452 e. The molecule has 0 fully saturated rings. The van der Waals surface area contributed by atoms with Crippen LogP contribution >= 0.6 is 15.9 Å². The summed E-state index contributed by atoms with van der Waals surface area (Å²) < 4.78 is 31.8. The molecule has 114 valence electrons. The van der Waals surface area contributed by atoms with Crippen LogP contribution in [-0.4, -0.2) is 32.9 Å². The van der Waals surface area contributed by atoms with Crippen molar-refractivity contribution >= 4 is 26.0 Å². The van der Waals surface area contributed by atoms with Gasteiger partial charge in [-0.25, -0.2) is 12.7 Å². The summed E-state index contributed by atoms with van der Waals surface area (Å²) in [6.07, 6.45) is 3.32. The first kappa shape index (κ1) is 17.4. The van der Waals surface area contributed by atoms with Gasteiger partial charge in [0.2, 0.25) is 10.0 Å². The van der Waals surface area contributed by atoms with Crippen LogP contribution in [0.5, 0.6) is 0 Å². The molecule has 1 rings (SSSR count). The van der Waals surface area contributed by atoms with Gasteiger partial charge in [-0.3, -0.25) is 0 Å². The Morgan fingerprint density at radius 3 is 2.85 bits per heavy atom. The number of sulfonamides is 1. The maximum absolute atomic E-state index is 12.4. The van der Waals surface area contributed by atoms with Crippen molar-refractivity contribution in [1.29, 1.82) is 0 Å². The highest BCUT2D eigenvalue weighted by atomic mass is 79.9. The van der Waals surface area contributed by atoms with Gasteiger partial charge in [0.1, 0.15) is 10.7 Å². The molecule has 5 nitrogen and oxygen atoms in total. The van der Waals surface area contributed by atoms with E-state index >= 15 is 0 Å². The van der Waals surface area contributed by atoms with Crippen LogP contribution in [-0.2, 0) is 16.6 Å². The van der Waals surface area contributed by atoms with Crippen molar-refractivity contribution in [3.63, 3.8) is 0 Å². The number of hydrogen-bond acceptors (Lipinski definition) is 4. The quantitative estimate of drug-likeness (QED) is 0.540. The van der Waals surface area contributed by atoms with Crippen LogP contribution in [0.4, 0.5) is 0 Å². The summed E-state index contributed by atoms with van der Waals surface area (Å²) in [4.78, 5) is 0.173. The standard InChI is InChI=1S/C13H21BrN2O3S/c1-4-6-7-8-16(3)20(17,18)12-9-11(10-15-5-2)19-13(12)14/h4,9,15H,1,5-8,10H2,2-3H3. The molecule has 0 bridgehead atoms. The molecular weight excluding hydrogens is 344 g/mol. The predicted octanol–water partition coefficient (Wildman–Crippen LogP) is 2.74. The van der Waals surface area contributed by atoms with Gasteiger partial charge in [-0.2, -0.15) is 0 Å². The van der Waals surface area contributed by atoms with Crippen LogP contribution < -0.4 is 5.32 Å². The van der Waals surface area contributed by atoms with E-state index in [9.17, 15) is 8.42 Å². The Morgan fingerprint density at radius 2 is 2.25 bits per heavy atom. The zero-order chi connectivity index (χ0) is 15.2. The smallest absolute Gasteiger partial charge is 0.247 e. The summed E-state index contributed by atoms with van der Waals surface area (Å²) in [6.45, 7) is 7.35. The van der Waals surface area contributed by atoms with Crippen molar-refractivity contribution in [2.24, 2.45) is 0 Å². The number of unbranched alkanes of at least 4 members (excludes halogenated alkanes) is 1. The SMILES string of the molecule is C=CCCCN(C)S(=O)(=O)c1cc(CNCC)oc1Br. The van der Waals surface area contributed by atoms with E-state index < -0.39 is 10.0 Å². The molecule has 0 aliphatic carbocycles. The fraction of sp³-hybridized carbons (Fsp3) is 0.538. The van der Waals surface area contributed by atoms with Crippen LogP contribution in [0, 0.1) is 0 Å². The highest BCUT2D eigenvalue weighted by Crippen LogP contribution is 2.28. The lowest BCUT2D eigenvalue weighted by molar-refractivity contribution is 0.450. The molecule has 1 N–H and O–H groups in total. The highest BCUT2D eigenvalue weighted by Gasteiger charge is 2.26. The summed E-state index contributed by atoms with van der Waals surface area (Å²) in [5.41, 5.74) is 0. The molecule has 1 aromatic rings. The minimum absolute atomic E-state index is 0.173. The normalized spacial score (nSPS) is 12.0. The van der Waals surface area contributed by atoms with Gasteiger partial charge in [0.15, 0.2) is 4.67 Å². The third-order valence-electron chi connectivity index (χ3n) is 2.83. The molecule has 0 aromatic carbocycles. The Labute approximate surface area is 129 Å². The Balaban J connectivity index is 2.85. The van der Waals surface area contributed by atoms with E-state index in [1.807, 2.05) is 6.92 Å². The van der Waals surface area contributed by atoms with Gasteiger partial charge in [0, 0.05) is 19.7 Å². The highest BCUT2D eigenvalue weighted by molar-refractivity contribution is 9.10. The maximum Gasteiger partial charge on any atom is 0.247 e. The molecular formula is C13H21BrN2O3S. The van der Waals surface area contributed by atoms with E-state index in [0.717, 1.165) is 19.4 Å². The second kappa shape index (κ2) is 7.97. The van der Waals surface area contributed by atoms with Gasteiger partial charge < -0.3 is 9.73 Å². The number of allylic oxidation sites excluding steroid dienone is 1. The molecule has 0 aliphatic rings. The van der Waals surface area contributed by atoms with E-state index in [1.165, 1.54) is 4.31 Å². The molecule has 7 heteroatoms. The summed E-state index contributed by atoms with van der Waals surface area (Å²) >= 11 is 3.18. The van der Waals surface area contributed by atoms with Crippen molar-refractivity contribution < 1.29 is 12.8 Å². The molecule has 0 radical (unpaired) electrons. The number of nitrogens with zero attached hydrogens (tertiary/aromatic N) is 1. The zero-order valence-corrected chi connectivity index (χ0v) is 14.3. The number of hydrogen-bond donors (Lipinski definition) is 1. The van der Waals surface area contributed by atoms with Gasteiger partial charge in [-0.05, 0) is 35.3 Å². The third-order valence-corrected chi connectivity index (χ3v) is 5.54. The van der Waals surface area contributed by atoms with Gasteiger partial charge >= 0.3 is 0 Å². The van der Waals surface area contributed by atoms with Crippen LogP contribution in [0.15, 0.2) is 32.7 Å². The van der Waals surface area contributed by atoms with E-state index in [1.54, 1.807) is 19.2 Å². The Kier molecular flexibility index (Phi) is 6.94. The molecule has 0 saturated carbocycles. The number of rotatable bonds is 9. The lowest BCUT2D eigenvalue weighted by atomic mass is 10.3. The zero-order valence-electron chi connectivity index (χ0n) is 11.9. The van der Waals surface area contributed by atoms with E-state index in [0.29, 0.717) is 18.8 Å². The number of nitrogens with one attached hydrogen (secondary N) is 1. The molecule has 0 spiro atoms. The predicted molar refractivity (Wildman–Crippen MR) is 83.0 cm³/mol. The van der Waals surface area contributed by atoms with Gasteiger partial charge in [-0.15, -0.1) is 6.58 Å². The molecule has 0 saturated heterocycles. The minimum Gasteiger partial charge on any atom is -0.452 e. The van der Waals surface area contributed by atoms with Crippen molar-refractivity contribution in [3.8, 4) is 0 Å². The second-order valence-corrected chi connectivity index (χ2v) is 7.12. The lowest BCUT2D eigenvalue weighted by Crippen LogP contribution is -2.27. The summed E-state index contributed by atoms with van der Waals surface area (Å²) in [7, 11) is -1.95. The fourth-order valence-electron chi connectivity index (χ4n) is 1.66. The van der Waals surface area contributed by atoms with Gasteiger partial charge in [-0.1, -0.05) is 13.0 Å². The first-order valence-corrected chi connectivity index (χ1v) is 8.73. The van der Waals surface area contributed by atoms with Gasteiger partial charge in [0.05, 0.1) is 6.54 Å². The van der Waals surface area contributed by atoms with Crippen molar-refractivity contribution in [2.45, 2.75) is 31.2 Å². The number of furan rings is 1. The summed E-state index contributed by atoms with van der Waals surface area (Å²) in [5, 5.41) is 3.09. The second-order valence-electron chi connectivity index (χ2n) is 4.39. The molecule has 0 atom stereocenters. The molecule has 0 aliphatic heterocycles.